The van der Waals surface area contributed by atoms with E-state index >= 15 is 0 Å². The fourth-order valence-electron chi connectivity index (χ4n) is 3.81. The van der Waals surface area contributed by atoms with Gasteiger partial charge in [0.15, 0.2) is 0 Å². The van der Waals surface area contributed by atoms with Crippen molar-refractivity contribution in [2.45, 2.75) is 38.3 Å². The summed E-state index contributed by atoms with van der Waals surface area (Å²) in [7, 11) is 1.56. The molecule has 0 radical (unpaired) electrons. The number of fused-ring (bicyclic) bond motifs is 1. The van der Waals surface area contributed by atoms with E-state index in [-0.39, 0.29) is 24.8 Å². The molecule has 36 heavy (non-hydrogen) atoms. The van der Waals surface area contributed by atoms with Crippen molar-refractivity contribution < 1.29 is 19.1 Å². The first-order chi connectivity index (χ1) is 17.3. The van der Waals surface area contributed by atoms with Gasteiger partial charge in [0.05, 0.1) is 16.6 Å². The molecule has 0 unspecified atom stereocenters. The van der Waals surface area contributed by atoms with Crippen LogP contribution in [0, 0.1) is 0 Å². The number of nitrogens with one attached hydrogen (secondary N) is 3. The topological polar surface area (TPSA) is 99.8 Å². The Morgan fingerprint density at radius 1 is 1.03 bits per heavy atom. The summed E-state index contributed by atoms with van der Waals surface area (Å²) in [6, 6.07) is 11.2. The van der Waals surface area contributed by atoms with E-state index < -0.39 is 18.0 Å². The maximum atomic E-state index is 13.1. The summed E-state index contributed by atoms with van der Waals surface area (Å²) in [6.07, 6.45) is 1.64. The molecule has 1 aliphatic heterocycles. The van der Waals surface area contributed by atoms with Crippen molar-refractivity contribution in [1.29, 1.82) is 0 Å². The zero-order chi connectivity index (χ0) is 26.1. The zero-order valence-corrected chi connectivity index (χ0v) is 22.0. The molecule has 1 aliphatic rings. The monoisotopic (exact) mass is 534 g/mol. The Hall–Kier alpha value is -2.81. The predicted molar refractivity (Wildman–Crippen MR) is 140 cm³/mol. The molecule has 1 heterocycles. The quantitative estimate of drug-likeness (QED) is 0.549. The van der Waals surface area contributed by atoms with Crippen molar-refractivity contribution in [2.24, 2.45) is 0 Å². The molecule has 2 atom stereocenters. The van der Waals surface area contributed by atoms with E-state index in [0.717, 1.165) is 16.9 Å². The van der Waals surface area contributed by atoms with E-state index in [1.54, 1.807) is 32.2 Å². The maximum absolute atomic E-state index is 13.1. The van der Waals surface area contributed by atoms with Crippen molar-refractivity contribution in [1.82, 2.24) is 20.9 Å². The number of carbonyl (C=O) groups excluding carboxylic acids is 3. The number of benzene rings is 2. The highest BCUT2D eigenvalue weighted by Gasteiger charge is 2.27. The van der Waals surface area contributed by atoms with Gasteiger partial charge in [-0.05, 0) is 49.1 Å². The lowest BCUT2D eigenvalue weighted by Gasteiger charge is -2.27. The zero-order valence-electron chi connectivity index (χ0n) is 20.5. The standard InChI is InChI=1S/C26H32Cl2N4O4/c1-17-25(34)31-22(15-18-9-10-20(27)21(28)14-18)26(35)30-11-5-7-19-6-3-4-8-23(19)36-13-12-29-16-24(33)32(17)2/h3-4,6,8-10,14,17,22,29H,5,7,11-13,15-16H2,1-2H3,(H,30,35)(H,31,34)/t17-,22-/m1/s1. The third kappa shape index (κ3) is 7.85. The number of rotatable bonds is 2. The minimum Gasteiger partial charge on any atom is -0.492 e. The van der Waals surface area contributed by atoms with Crippen molar-refractivity contribution >= 4 is 40.9 Å². The van der Waals surface area contributed by atoms with Gasteiger partial charge in [0.1, 0.15) is 24.4 Å². The number of carbonyl (C=O) groups is 3. The molecule has 0 aliphatic carbocycles. The minimum atomic E-state index is -0.853. The van der Waals surface area contributed by atoms with E-state index in [1.165, 1.54) is 4.90 Å². The summed E-state index contributed by atoms with van der Waals surface area (Å²) < 4.78 is 5.90. The van der Waals surface area contributed by atoms with E-state index in [0.29, 0.717) is 42.6 Å². The van der Waals surface area contributed by atoms with Crippen LogP contribution in [-0.2, 0) is 27.2 Å². The van der Waals surface area contributed by atoms with Gasteiger partial charge in [-0.1, -0.05) is 47.5 Å². The summed E-state index contributed by atoms with van der Waals surface area (Å²) in [6.45, 7) is 3.00. The summed E-state index contributed by atoms with van der Waals surface area (Å²) in [5, 5.41) is 9.57. The van der Waals surface area contributed by atoms with Gasteiger partial charge in [0, 0.05) is 26.6 Å². The maximum Gasteiger partial charge on any atom is 0.243 e. The first kappa shape index (κ1) is 27.8. The lowest BCUT2D eigenvalue weighted by atomic mass is 10.0. The van der Waals surface area contributed by atoms with Gasteiger partial charge < -0.3 is 25.6 Å². The third-order valence-corrected chi connectivity index (χ3v) is 6.86. The molecule has 3 rings (SSSR count). The Kier molecular flexibility index (Phi) is 10.4. The smallest absolute Gasteiger partial charge is 0.243 e. The number of likely N-dealkylation sites (N-methyl/N-ethyl adjacent to an activating group) is 1. The van der Waals surface area contributed by atoms with Crippen LogP contribution in [0.25, 0.3) is 0 Å². The Labute approximate surface area is 221 Å². The highest BCUT2D eigenvalue weighted by molar-refractivity contribution is 6.42. The Morgan fingerprint density at radius 2 is 1.81 bits per heavy atom. The lowest BCUT2D eigenvalue weighted by Crippen LogP contribution is -2.54. The summed E-state index contributed by atoms with van der Waals surface area (Å²) in [5.74, 6) is -0.203. The number of hydrogen-bond acceptors (Lipinski definition) is 5. The van der Waals surface area contributed by atoms with Crippen LogP contribution < -0.4 is 20.7 Å². The van der Waals surface area contributed by atoms with Gasteiger partial charge in [-0.2, -0.15) is 0 Å². The Morgan fingerprint density at radius 3 is 2.58 bits per heavy atom. The number of aryl methyl sites for hydroxylation is 1. The summed E-state index contributed by atoms with van der Waals surface area (Å²) >= 11 is 12.2. The molecule has 10 heteroatoms. The van der Waals surface area contributed by atoms with Crippen LogP contribution in [0.1, 0.15) is 24.5 Å². The van der Waals surface area contributed by atoms with Crippen LogP contribution >= 0.6 is 23.2 Å². The number of para-hydroxylation sites is 1. The molecule has 2 aromatic carbocycles. The first-order valence-electron chi connectivity index (χ1n) is 12.0. The molecule has 0 fully saturated rings. The van der Waals surface area contributed by atoms with Gasteiger partial charge in [-0.15, -0.1) is 0 Å². The number of halogens is 2. The Bertz CT molecular complexity index is 1080. The van der Waals surface area contributed by atoms with Crippen molar-refractivity contribution in [3.05, 3.63) is 63.6 Å². The molecule has 0 saturated heterocycles. The number of hydrogen-bond donors (Lipinski definition) is 3. The van der Waals surface area contributed by atoms with Crippen LogP contribution in [0.2, 0.25) is 10.0 Å². The number of ether oxygens (including phenoxy) is 1. The van der Waals surface area contributed by atoms with Crippen molar-refractivity contribution in [3.8, 4) is 5.75 Å². The lowest BCUT2D eigenvalue weighted by molar-refractivity contribution is -0.138. The fourth-order valence-corrected chi connectivity index (χ4v) is 4.13. The molecule has 3 amide bonds. The van der Waals surface area contributed by atoms with Gasteiger partial charge >= 0.3 is 0 Å². The molecule has 8 nitrogen and oxygen atoms in total. The molecular formula is C26H32Cl2N4O4. The average molecular weight is 535 g/mol. The SMILES string of the molecule is C[C@@H]1C(=O)N[C@H](Cc2ccc(Cl)c(Cl)c2)C(=O)NCCCc2ccccc2OCCNCC(=O)N1C. The fraction of sp³-hybridized carbons (Fsp3) is 0.423. The largest absolute Gasteiger partial charge is 0.492 e. The highest BCUT2D eigenvalue weighted by Crippen LogP contribution is 2.23. The van der Waals surface area contributed by atoms with E-state index in [1.807, 2.05) is 24.3 Å². The van der Waals surface area contributed by atoms with E-state index in [2.05, 4.69) is 16.0 Å². The minimum absolute atomic E-state index is 0.0618. The second-order valence-corrected chi connectivity index (χ2v) is 9.54. The van der Waals surface area contributed by atoms with Crippen LogP contribution in [0.3, 0.4) is 0 Å². The van der Waals surface area contributed by atoms with Crippen LogP contribution in [0.15, 0.2) is 42.5 Å². The highest BCUT2D eigenvalue weighted by atomic mass is 35.5. The van der Waals surface area contributed by atoms with Crippen LogP contribution in [-0.4, -0.2) is 68.0 Å². The Balaban J connectivity index is 1.78. The second kappa shape index (κ2) is 13.5. The van der Waals surface area contributed by atoms with Crippen LogP contribution in [0.4, 0.5) is 0 Å². The normalized spacial score (nSPS) is 20.9. The first-order valence-corrected chi connectivity index (χ1v) is 12.7. The van der Waals surface area contributed by atoms with Gasteiger partial charge in [-0.3, -0.25) is 14.4 Å². The molecule has 0 saturated carbocycles. The third-order valence-electron chi connectivity index (χ3n) is 6.12. The number of nitrogens with zero attached hydrogens (tertiary/aromatic N) is 1. The average Bonchev–Trinajstić information content (AvgIpc) is 2.87. The molecule has 3 N–H and O–H groups in total. The summed E-state index contributed by atoms with van der Waals surface area (Å²) in [5.41, 5.74) is 1.79. The second-order valence-electron chi connectivity index (χ2n) is 8.72. The molecule has 2 aromatic rings. The van der Waals surface area contributed by atoms with Gasteiger partial charge in [-0.25, -0.2) is 0 Å². The van der Waals surface area contributed by atoms with Crippen molar-refractivity contribution in [2.75, 3.05) is 33.3 Å². The molecular weight excluding hydrogens is 503 g/mol. The van der Waals surface area contributed by atoms with Crippen molar-refractivity contribution in [3.63, 3.8) is 0 Å². The molecule has 0 spiro atoms. The number of amides is 3. The molecule has 194 valence electrons. The van der Waals surface area contributed by atoms with E-state index in [9.17, 15) is 14.4 Å². The molecule has 0 bridgehead atoms. The van der Waals surface area contributed by atoms with Gasteiger partial charge in [0.25, 0.3) is 0 Å². The van der Waals surface area contributed by atoms with Crippen LogP contribution in [0.5, 0.6) is 5.75 Å². The summed E-state index contributed by atoms with van der Waals surface area (Å²) in [4.78, 5) is 40.1. The van der Waals surface area contributed by atoms with Gasteiger partial charge in [0.2, 0.25) is 17.7 Å². The molecule has 0 aromatic heterocycles. The van der Waals surface area contributed by atoms with E-state index in [4.69, 9.17) is 27.9 Å². The predicted octanol–water partition coefficient (Wildman–Crippen LogP) is 2.60.